The van der Waals surface area contributed by atoms with Crippen molar-refractivity contribution in [1.82, 2.24) is 10.2 Å². The van der Waals surface area contributed by atoms with E-state index in [4.69, 9.17) is 0 Å². The van der Waals surface area contributed by atoms with Crippen molar-refractivity contribution in [2.45, 2.75) is 77.8 Å². The van der Waals surface area contributed by atoms with E-state index in [-0.39, 0.29) is 23.1 Å². The Morgan fingerprint density at radius 3 is 2.00 bits per heavy atom. The van der Waals surface area contributed by atoms with Gasteiger partial charge in [0.2, 0.25) is 11.8 Å². The van der Waals surface area contributed by atoms with Gasteiger partial charge in [0.1, 0.15) is 6.04 Å². The molecular formula is C30H38N2O2. The minimum absolute atomic E-state index is 0.0123. The molecule has 34 heavy (non-hydrogen) atoms. The van der Waals surface area contributed by atoms with E-state index in [1.807, 2.05) is 55.1 Å². The molecule has 1 fully saturated rings. The maximum Gasteiger partial charge on any atom is 0.247 e. The van der Waals surface area contributed by atoms with Gasteiger partial charge in [-0.05, 0) is 55.1 Å². The number of nitrogens with one attached hydrogen (secondary N) is 1. The number of likely N-dealkylation sites (tertiary alicyclic amines) is 1. The summed E-state index contributed by atoms with van der Waals surface area (Å²) in [5.74, 6) is -0.286. The van der Waals surface area contributed by atoms with Crippen LogP contribution in [-0.2, 0) is 15.1 Å². The minimum atomic E-state index is -0.706. The van der Waals surface area contributed by atoms with E-state index >= 15 is 0 Å². The lowest BCUT2D eigenvalue weighted by Gasteiger charge is -2.57. The number of benzene rings is 2. The lowest BCUT2D eigenvalue weighted by atomic mass is 9.64. The molecule has 1 aliphatic heterocycles. The third-order valence-electron chi connectivity index (χ3n) is 7.60. The van der Waals surface area contributed by atoms with E-state index in [0.717, 1.165) is 55.3 Å². The molecule has 1 N–H and O–H groups in total. The molecule has 0 saturated carbocycles. The summed E-state index contributed by atoms with van der Waals surface area (Å²) in [4.78, 5) is 30.1. The maximum absolute atomic E-state index is 14.1. The Balaban J connectivity index is 1.91. The predicted octanol–water partition coefficient (Wildman–Crippen LogP) is 6.18. The van der Waals surface area contributed by atoms with E-state index in [1.54, 1.807) is 0 Å². The van der Waals surface area contributed by atoms with Gasteiger partial charge in [0.25, 0.3) is 0 Å². The van der Waals surface area contributed by atoms with E-state index in [1.165, 1.54) is 0 Å². The van der Waals surface area contributed by atoms with Crippen LogP contribution in [0.15, 0.2) is 72.4 Å². The first-order valence-electron chi connectivity index (χ1n) is 12.7. The van der Waals surface area contributed by atoms with Gasteiger partial charge in [-0.3, -0.25) is 9.59 Å². The Hall–Kier alpha value is -2.88. The fraction of sp³-hybridized carbons (Fsp3) is 0.467. The molecule has 0 unspecified atom stereocenters. The van der Waals surface area contributed by atoms with Gasteiger partial charge in [-0.15, -0.1) is 0 Å². The second-order valence-corrected chi connectivity index (χ2v) is 10.8. The van der Waals surface area contributed by atoms with Crippen LogP contribution in [0, 0.1) is 11.3 Å². The first kappa shape index (κ1) is 24.3. The van der Waals surface area contributed by atoms with Gasteiger partial charge in [0.15, 0.2) is 0 Å². The Bertz CT molecular complexity index is 1000. The second kappa shape index (κ2) is 9.77. The standard InChI is InChI=1S/C30H38N2O2/c1-22(2)28(34)32-26(27(33)31-25-18-12-7-13-19-25)29(3,4)20-21-30(32,23-14-8-5-9-15-23)24-16-10-6-11-17-24/h5-6,8-11,14-18,22,26H,7,12-13,19-21H2,1-4H3,(H,31,33)/t26-/m1/s1. The molecule has 1 saturated heterocycles. The summed E-state index contributed by atoms with van der Waals surface area (Å²) >= 11 is 0. The zero-order valence-corrected chi connectivity index (χ0v) is 21.0. The second-order valence-electron chi connectivity index (χ2n) is 10.8. The zero-order valence-electron chi connectivity index (χ0n) is 21.0. The van der Waals surface area contributed by atoms with Crippen molar-refractivity contribution in [2.75, 3.05) is 0 Å². The van der Waals surface area contributed by atoms with E-state index < -0.39 is 11.6 Å². The molecule has 4 nitrogen and oxygen atoms in total. The normalized spacial score (nSPS) is 21.6. The quantitative estimate of drug-likeness (QED) is 0.582. The van der Waals surface area contributed by atoms with E-state index in [0.29, 0.717) is 0 Å². The van der Waals surface area contributed by atoms with E-state index in [9.17, 15) is 9.59 Å². The highest BCUT2D eigenvalue weighted by atomic mass is 16.2. The molecule has 0 spiro atoms. The summed E-state index contributed by atoms with van der Waals surface area (Å²) in [5.41, 5.74) is 2.04. The molecule has 4 heteroatoms. The largest absolute Gasteiger partial charge is 0.328 e. The van der Waals surface area contributed by atoms with Gasteiger partial charge in [-0.25, -0.2) is 0 Å². The molecule has 0 bridgehead atoms. The smallest absolute Gasteiger partial charge is 0.247 e. The molecule has 4 rings (SSSR count). The molecule has 0 radical (unpaired) electrons. The van der Waals surface area contributed by atoms with Gasteiger partial charge in [0, 0.05) is 11.6 Å². The van der Waals surface area contributed by atoms with Crippen LogP contribution in [0.3, 0.4) is 0 Å². The summed E-state index contributed by atoms with van der Waals surface area (Å²) in [6, 6.07) is 19.9. The Kier molecular flexibility index (Phi) is 6.97. The maximum atomic E-state index is 14.1. The number of piperidine rings is 1. The number of allylic oxidation sites excluding steroid dienone is 2. The number of hydrogen-bond donors (Lipinski definition) is 1. The van der Waals surface area contributed by atoms with Gasteiger partial charge in [-0.2, -0.15) is 0 Å². The minimum Gasteiger partial charge on any atom is -0.328 e. The molecule has 2 aromatic carbocycles. The average molecular weight is 459 g/mol. The molecule has 2 aliphatic rings. The molecular weight excluding hydrogens is 420 g/mol. The fourth-order valence-electron chi connectivity index (χ4n) is 5.74. The lowest BCUT2D eigenvalue weighted by Crippen LogP contribution is -2.67. The topological polar surface area (TPSA) is 49.4 Å². The highest BCUT2D eigenvalue weighted by Crippen LogP contribution is 2.52. The highest BCUT2D eigenvalue weighted by Gasteiger charge is 2.56. The fourth-order valence-corrected chi connectivity index (χ4v) is 5.74. The molecule has 2 aromatic rings. The predicted molar refractivity (Wildman–Crippen MR) is 137 cm³/mol. The molecule has 0 aromatic heterocycles. The van der Waals surface area contributed by atoms with Crippen LogP contribution in [0.5, 0.6) is 0 Å². The number of rotatable bonds is 5. The zero-order chi connectivity index (χ0) is 24.3. The first-order chi connectivity index (χ1) is 16.3. The van der Waals surface area contributed by atoms with Gasteiger partial charge in [-0.1, -0.05) is 94.4 Å². The number of amides is 2. The molecule has 2 amide bonds. The molecule has 1 atom stereocenters. The monoisotopic (exact) mass is 458 g/mol. The first-order valence-corrected chi connectivity index (χ1v) is 12.7. The summed E-state index contributed by atoms with van der Waals surface area (Å²) in [6.07, 6.45) is 7.88. The Labute approximate surface area is 204 Å². The number of carbonyl (C=O) groups is 2. The third kappa shape index (κ3) is 4.43. The van der Waals surface area contributed by atoms with E-state index in [2.05, 4.69) is 49.5 Å². The third-order valence-corrected chi connectivity index (χ3v) is 7.60. The Morgan fingerprint density at radius 1 is 0.912 bits per heavy atom. The summed E-state index contributed by atoms with van der Waals surface area (Å²) in [5, 5.41) is 3.24. The van der Waals surface area contributed by atoms with Gasteiger partial charge < -0.3 is 10.2 Å². The average Bonchev–Trinajstić information content (AvgIpc) is 2.84. The van der Waals surface area contributed by atoms with Crippen LogP contribution < -0.4 is 5.32 Å². The summed E-state index contributed by atoms with van der Waals surface area (Å²) in [6.45, 7) is 8.13. The van der Waals surface area contributed by atoms with Crippen LogP contribution in [0.1, 0.15) is 77.3 Å². The molecule has 180 valence electrons. The SMILES string of the molecule is CC(C)C(=O)N1[C@H](C(=O)NC2=CCCCC2)C(C)(C)CCC1(c1ccccc1)c1ccccc1. The summed E-state index contributed by atoms with van der Waals surface area (Å²) in [7, 11) is 0. The number of hydrogen-bond acceptors (Lipinski definition) is 2. The van der Waals surface area contributed by atoms with Crippen LogP contribution in [0.25, 0.3) is 0 Å². The van der Waals surface area contributed by atoms with Crippen molar-refractivity contribution in [2.24, 2.45) is 11.3 Å². The molecule has 1 aliphatic carbocycles. The van der Waals surface area contributed by atoms with Crippen molar-refractivity contribution < 1.29 is 9.59 Å². The van der Waals surface area contributed by atoms with Gasteiger partial charge in [0.05, 0.1) is 5.54 Å². The van der Waals surface area contributed by atoms with Crippen LogP contribution >= 0.6 is 0 Å². The van der Waals surface area contributed by atoms with Gasteiger partial charge >= 0.3 is 0 Å². The number of carbonyl (C=O) groups excluding carboxylic acids is 2. The van der Waals surface area contributed by atoms with Crippen molar-refractivity contribution in [1.29, 1.82) is 0 Å². The van der Waals surface area contributed by atoms with Crippen molar-refractivity contribution in [3.63, 3.8) is 0 Å². The van der Waals surface area contributed by atoms with Crippen molar-refractivity contribution in [3.8, 4) is 0 Å². The highest BCUT2D eigenvalue weighted by molar-refractivity contribution is 5.91. The molecule has 1 heterocycles. The van der Waals surface area contributed by atoms with Crippen molar-refractivity contribution >= 4 is 11.8 Å². The Morgan fingerprint density at radius 2 is 1.50 bits per heavy atom. The number of nitrogens with zero attached hydrogens (tertiary/aromatic N) is 1. The lowest BCUT2D eigenvalue weighted by molar-refractivity contribution is -0.161. The van der Waals surface area contributed by atoms with Crippen molar-refractivity contribution in [3.05, 3.63) is 83.6 Å². The van der Waals surface area contributed by atoms with Crippen LogP contribution in [0.2, 0.25) is 0 Å². The van der Waals surface area contributed by atoms with Crippen LogP contribution in [0.4, 0.5) is 0 Å². The summed E-state index contributed by atoms with van der Waals surface area (Å²) < 4.78 is 0. The van der Waals surface area contributed by atoms with Crippen LogP contribution in [-0.4, -0.2) is 22.8 Å².